The highest BCUT2D eigenvalue weighted by atomic mass is 32.1. The van der Waals surface area contributed by atoms with Gasteiger partial charge in [0.15, 0.2) is 5.65 Å². The number of fused-ring (bicyclic) bond motifs is 1. The lowest BCUT2D eigenvalue weighted by atomic mass is 10.1. The fraction of sp³-hybridized carbons (Fsp3) is 0.353. The molecule has 0 radical (unpaired) electrons. The first kappa shape index (κ1) is 16.6. The van der Waals surface area contributed by atoms with Crippen LogP contribution in [0.2, 0.25) is 0 Å². The summed E-state index contributed by atoms with van der Waals surface area (Å²) in [5.74, 6) is -0.0225. The lowest BCUT2D eigenvalue weighted by molar-refractivity contribution is 0.0957. The number of carbonyl (C=O) groups is 1. The van der Waals surface area contributed by atoms with Crippen molar-refractivity contribution in [1.82, 2.24) is 25.2 Å². The Balaban J connectivity index is 1.56. The van der Waals surface area contributed by atoms with Crippen LogP contribution in [0.3, 0.4) is 0 Å². The normalized spacial score (nSPS) is 12.5. The van der Waals surface area contributed by atoms with Gasteiger partial charge in [0.2, 0.25) is 0 Å². The van der Waals surface area contributed by atoms with Crippen molar-refractivity contribution < 1.29 is 4.79 Å². The Labute approximate surface area is 144 Å². The molecule has 6 nitrogen and oxygen atoms in total. The van der Waals surface area contributed by atoms with Crippen molar-refractivity contribution in [2.45, 2.75) is 26.8 Å². The van der Waals surface area contributed by atoms with Crippen LogP contribution in [0.4, 0.5) is 0 Å². The minimum Gasteiger partial charge on any atom is -0.350 e. The maximum Gasteiger partial charge on any atom is 0.261 e. The van der Waals surface area contributed by atoms with E-state index in [1.54, 1.807) is 0 Å². The largest absolute Gasteiger partial charge is 0.350 e. The molecule has 0 saturated heterocycles. The molecule has 3 aromatic rings. The van der Waals surface area contributed by atoms with E-state index in [2.05, 4.69) is 27.6 Å². The van der Waals surface area contributed by atoms with E-state index < -0.39 is 0 Å². The fourth-order valence-corrected chi connectivity index (χ4v) is 3.31. The molecule has 7 heteroatoms. The van der Waals surface area contributed by atoms with E-state index in [0.717, 1.165) is 27.5 Å². The highest BCUT2D eigenvalue weighted by Gasteiger charge is 2.13. The molecule has 2 N–H and O–H groups in total. The van der Waals surface area contributed by atoms with Crippen LogP contribution in [0.15, 0.2) is 29.8 Å². The second kappa shape index (κ2) is 7.11. The Morgan fingerprint density at radius 3 is 2.96 bits per heavy atom. The van der Waals surface area contributed by atoms with Crippen molar-refractivity contribution in [3.05, 3.63) is 51.6 Å². The molecule has 3 heterocycles. The number of hydrogen-bond donors (Lipinski definition) is 2. The van der Waals surface area contributed by atoms with Crippen LogP contribution in [0, 0.1) is 13.8 Å². The molecule has 0 aromatic carbocycles. The molecule has 0 unspecified atom stereocenters. The highest BCUT2D eigenvalue weighted by molar-refractivity contribution is 7.12. The van der Waals surface area contributed by atoms with Crippen molar-refractivity contribution >= 4 is 22.9 Å². The maximum absolute atomic E-state index is 11.9. The summed E-state index contributed by atoms with van der Waals surface area (Å²) in [6, 6.07) is 5.80. The summed E-state index contributed by atoms with van der Waals surface area (Å²) < 4.78 is 1.88. The molecule has 0 aliphatic heterocycles. The Hall–Kier alpha value is -2.25. The molecule has 1 amide bonds. The first-order valence-electron chi connectivity index (χ1n) is 7.93. The zero-order valence-corrected chi connectivity index (χ0v) is 14.9. The van der Waals surface area contributed by atoms with Crippen molar-refractivity contribution in [1.29, 1.82) is 0 Å². The van der Waals surface area contributed by atoms with Gasteiger partial charge in [-0.15, -0.1) is 11.3 Å². The fourth-order valence-electron chi connectivity index (χ4n) is 2.67. The number of carbonyl (C=O) groups excluding carboxylic acids is 1. The summed E-state index contributed by atoms with van der Waals surface area (Å²) in [5, 5.41) is 12.7. The van der Waals surface area contributed by atoms with E-state index in [-0.39, 0.29) is 11.9 Å². The Bertz CT molecular complexity index is 840. The topological polar surface area (TPSA) is 71.3 Å². The van der Waals surface area contributed by atoms with Crippen molar-refractivity contribution in [3.8, 4) is 0 Å². The number of aryl methyl sites for hydroxylation is 2. The standard InChI is InChI=1S/C17H21N5OS/c1-11-9-16-20-10-14(13(3)22(16)21-11)12(2)18-6-7-19-17(23)15-5-4-8-24-15/h4-5,8-10,12,18H,6-7H2,1-3H3,(H,19,23)/t12-/m0/s1. The molecule has 0 spiro atoms. The zero-order chi connectivity index (χ0) is 17.1. The molecule has 126 valence electrons. The second-order valence-corrected chi connectivity index (χ2v) is 6.71. The number of hydrogen-bond acceptors (Lipinski definition) is 5. The van der Waals surface area contributed by atoms with Crippen LogP contribution < -0.4 is 10.6 Å². The number of nitrogens with zero attached hydrogens (tertiary/aromatic N) is 3. The summed E-state index contributed by atoms with van der Waals surface area (Å²) in [6.07, 6.45) is 1.90. The summed E-state index contributed by atoms with van der Waals surface area (Å²) in [5.41, 5.74) is 4.01. The number of thiophene rings is 1. The van der Waals surface area contributed by atoms with E-state index >= 15 is 0 Å². The summed E-state index contributed by atoms with van der Waals surface area (Å²) >= 11 is 1.45. The van der Waals surface area contributed by atoms with Crippen LogP contribution in [-0.2, 0) is 0 Å². The molecule has 3 aromatic heterocycles. The second-order valence-electron chi connectivity index (χ2n) is 5.76. The van der Waals surface area contributed by atoms with E-state index in [9.17, 15) is 4.79 Å². The molecule has 3 rings (SSSR count). The van der Waals surface area contributed by atoms with Crippen molar-refractivity contribution in [3.63, 3.8) is 0 Å². The van der Waals surface area contributed by atoms with E-state index in [4.69, 9.17) is 0 Å². The molecule has 0 aliphatic carbocycles. The summed E-state index contributed by atoms with van der Waals surface area (Å²) in [4.78, 5) is 17.1. The van der Waals surface area contributed by atoms with Gasteiger partial charge in [0.05, 0.1) is 10.6 Å². The van der Waals surface area contributed by atoms with Gasteiger partial charge in [0.25, 0.3) is 5.91 Å². The van der Waals surface area contributed by atoms with Crippen molar-refractivity contribution in [2.24, 2.45) is 0 Å². The van der Waals surface area contributed by atoms with E-state index in [0.29, 0.717) is 13.1 Å². The van der Waals surface area contributed by atoms with Gasteiger partial charge >= 0.3 is 0 Å². The van der Waals surface area contributed by atoms with Gasteiger partial charge in [-0.3, -0.25) is 4.79 Å². The predicted octanol–water partition coefficient (Wildman–Crippen LogP) is 2.49. The van der Waals surface area contributed by atoms with Crippen LogP contribution >= 0.6 is 11.3 Å². The highest BCUT2D eigenvalue weighted by Crippen LogP contribution is 2.17. The average Bonchev–Trinajstić information content (AvgIpc) is 3.20. The lowest BCUT2D eigenvalue weighted by Gasteiger charge is -2.17. The number of nitrogens with one attached hydrogen (secondary N) is 2. The third kappa shape index (κ3) is 3.47. The average molecular weight is 343 g/mol. The maximum atomic E-state index is 11.9. The molecule has 1 atom stereocenters. The Morgan fingerprint density at radius 1 is 1.38 bits per heavy atom. The van der Waals surface area contributed by atoms with Gasteiger partial charge in [-0.1, -0.05) is 6.07 Å². The van der Waals surface area contributed by atoms with Gasteiger partial charge in [-0.25, -0.2) is 9.50 Å². The molecule has 0 aliphatic rings. The number of aromatic nitrogens is 3. The quantitative estimate of drug-likeness (QED) is 0.675. The van der Waals surface area contributed by atoms with Crippen LogP contribution in [0.1, 0.15) is 39.6 Å². The predicted molar refractivity (Wildman–Crippen MR) is 95.5 cm³/mol. The number of amides is 1. The summed E-state index contributed by atoms with van der Waals surface area (Å²) in [6.45, 7) is 7.37. The first-order valence-corrected chi connectivity index (χ1v) is 8.81. The molecule has 0 fully saturated rings. The van der Waals surface area contributed by atoms with Crippen LogP contribution in [0.5, 0.6) is 0 Å². The Morgan fingerprint density at radius 2 is 2.21 bits per heavy atom. The van der Waals surface area contributed by atoms with E-state index in [1.807, 2.05) is 48.1 Å². The van der Waals surface area contributed by atoms with E-state index in [1.165, 1.54) is 11.3 Å². The number of rotatable bonds is 6. The molecule has 0 bridgehead atoms. The minimum absolute atomic E-state index is 0.0225. The van der Waals surface area contributed by atoms with Crippen LogP contribution in [0.25, 0.3) is 5.65 Å². The SMILES string of the molecule is Cc1cc2ncc([C@H](C)NCCNC(=O)c3cccs3)c(C)n2n1. The van der Waals surface area contributed by atoms with Gasteiger partial charge in [-0.05, 0) is 32.2 Å². The molecular weight excluding hydrogens is 322 g/mol. The monoisotopic (exact) mass is 343 g/mol. The Kier molecular flexibility index (Phi) is 4.92. The third-order valence-electron chi connectivity index (χ3n) is 3.96. The third-order valence-corrected chi connectivity index (χ3v) is 4.83. The smallest absolute Gasteiger partial charge is 0.261 e. The first-order chi connectivity index (χ1) is 11.6. The van der Waals surface area contributed by atoms with Gasteiger partial charge in [-0.2, -0.15) is 5.10 Å². The zero-order valence-electron chi connectivity index (χ0n) is 14.0. The van der Waals surface area contributed by atoms with Gasteiger partial charge < -0.3 is 10.6 Å². The lowest BCUT2D eigenvalue weighted by Crippen LogP contribution is -2.33. The molecule has 0 saturated carbocycles. The van der Waals surface area contributed by atoms with Crippen LogP contribution in [-0.4, -0.2) is 33.6 Å². The molecule has 24 heavy (non-hydrogen) atoms. The molecular formula is C17H21N5OS. The van der Waals surface area contributed by atoms with Gasteiger partial charge in [0.1, 0.15) is 0 Å². The van der Waals surface area contributed by atoms with Crippen molar-refractivity contribution in [2.75, 3.05) is 13.1 Å². The summed E-state index contributed by atoms with van der Waals surface area (Å²) in [7, 11) is 0. The minimum atomic E-state index is -0.0225. The van der Waals surface area contributed by atoms with Gasteiger partial charge in [0, 0.05) is 42.7 Å².